The van der Waals surface area contributed by atoms with Crippen LogP contribution in [0.4, 0.5) is 0 Å². The monoisotopic (exact) mass is 140 g/mol. The van der Waals surface area contributed by atoms with Crippen molar-refractivity contribution in [2.24, 2.45) is 11.7 Å². The third kappa shape index (κ3) is 1210. The lowest BCUT2D eigenvalue weighted by Gasteiger charge is -1.27. The second kappa shape index (κ2) is 2100. The van der Waals surface area contributed by atoms with E-state index in [1.807, 2.05) is 0 Å². The highest BCUT2D eigenvalue weighted by molar-refractivity contribution is 3.26. The molecule has 8 heavy (non-hydrogen) atoms. The van der Waals surface area contributed by atoms with Crippen LogP contribution in [0.1, 0.15) is 0 Å². The summed E-state index contributed by atoms with van der Waals surface area (Å²) in [6.45, 7) is 0. The SMILES string of the molecule is NN.O.O.O.O.O.O. The molecule has 0 unspecified atom stereocenters. The molecule has 62 valence electrons. The van der Waals surface area contributed by atoms with Crippen molar-refractivity contribution in [1.82, 2.24) is 0 Å². The van der Waals surface area contributed by atoms with Gasteiger partial charge in [-0.2, -0.15) is 0 Å². The fraction of sp³-hybridized carbons (Fsp3) is 0. The van der Waals surface area contributed by atoms with Crippen LogP contribution in [0.2, 0.25) is 0 Å². The van der Waals surface area contributed by atoms with Gasteiger partial charge in [-0.1, -0.05) is 0 Å². The van der Waals surface area contributed by atoms with Crippen molar-refractivity contribution < 1.29 is 32.9 Å². The summed E-state index contributed by atoms with van der Waals surface area (Å²) in [7, 11) is 0. The van der Waals surface area contributed by atoms with Crippen LogP contribution in [0.25, 0.3) is 0 Å². The molecule has 0 amide bonds. The average molecular weight is 140 g/mol. The van der Waals surface area contributed by atoms with Crippen molar-refractivity contribution in [3.05, 3.63) is 0 Å². The van der Waals surface area contributed by atoms with Gasteiger partial charge in [-0.25, -0.2) is 0 Å². The summed E-state index contributed by atoms with van der Waals surface area (Å²) in [6, 6.07) is 0. The predicted molar refractivity (Wildman–Crippen MR) is 30.1 cm³/mol. The van der Waals surface area contributed by atoms with E-state index >= 15 is 0 Å². The normalized spacial score (nSPS) is 0.750. The Bertz CT molecular complexity index is 6.49. The molecule has 0 aromatic carbocycles. The van der Waals surface area contributed by atoms with Gasteiger partial charge in [-0.3, -0.25) is 11.7 Å². The smallest absolute Gasteiger partial charge is 0.274 e. The molecule has 0 atom stereocenters. The first-order valence-electron chi connectivity index (χ1n) is 0.333. The van der Waals surface area contributed by atoms with Crippen LogP contribution < -0.4 is 11.7 Å². The van der Waals surface area contributed by atoms with Crippen LogP contribution in [-0.4, -0.2) is 32.9 Å². The quantitative estimate of drug-likeness (QED) is 0.246. The van der Waals surface area contributed by atoms with Crippen molar-refractivity contribution in [3.8, 4) is 0 Å². The van der Waals surface area contributed by atoms with Crippen LogP contribution >= 0.6 is 0 Å². The highest BCUT2D eigenvalue weighted by Crippen LogP contribution is -0.0190. The summed E-state index contributed by atoms with van der Waals surface area (Å²) in [5.41, 5.74) is 0. The van der Waals surface area contributed by atoms with E-state index in [1.54, 1.807) is 0 Å². The van der Waals surface area contributed by atoms with E-state index in [4.69, 9.17) is 0 Å². The predicted octanol–water partition coefficient (Wildman–Crippen LogP) is -6.13. The highest BCUT2D eigenvalue weighted by Gasteiger charge is 0.726. The standard InChI is InChI=1S/H4N2.6H2O/c1-2;;;;;;/h1-2H2;6*1H2. The van der Waals surface area contributed by atoms with E-state index < -0.39 is 0 Å². The Kier molecular flexibility index (Phi) is 195000. The average Bonchev–Trinajstić information content (AvgIpc) is 1.00. The summed E-state index contributed by atoms with van der Waals surface area (Å²) in [4.78, 5) is 0. The Morgan fingerprint density at radius 1 is 0.375 bits per heavy atom. The topological polar surface area (TPSA) is 241 Å². The summed E-state index contributed by atoms with van der Waals surface area (Å²) in [5.74, 6) is 8.00. The maximum atomic E-state index is 4.00. The van der Waals surface area contributed by atoms with Gasteiger partial charge < -0.3 is 32.9 Å². The minimum Gasteiger partial charge on any atom is -0.412 e. The van der Waals surface area contributed by atoms with Crippen LogP contribution in [0.5, 0.6) is 0 Å². The number of nitrogens with two attached hydrogens (primary N) is 2. The van der Waals surface area contributed by atoms with E-state index in [9.17, 15) is 0 Å². The van der Waals surface area contributed by atoms with Gasteiger partial charge in [-0.05, 0) is 0 Å². The summed E-state index contributed by atoms with van der Waals surface area (Å²) in [6.07, 6.45) is 0. The zero-order valence-corrected chi connectivity index (χ0v) is 4.15. The largest absolute Gasteiger partial charge is 0.412 e. The van der Waals surface area contributed by atoms with E-state index in [-0.39, 0.29) is 32.9 Å². The van der Waals surface area contributed by atoms with E-state index in [1.165, 1.54) is 0 Å². The van der Waals surface area contributed by atoms with E-state index in [0.29, 0.717) is 0 Å². The molecular formula is H16N2O6. The molecule has 0 bridgehead atoms. The molecule has 0 aromatic heterocycles. The molecule has 0 saturated carbocycles. The Balaban J connectivity index is -0.000000000333. The second-order valence-corrected chi connectivity index (χ2v) is 0. The Hall–Kier alpha value is -0.320. The first-order chi connectivity index (χ1) is 1.00. The van der Waals surface area contributed by atoms with Crippen LogP contribution in [-0.2, 0) is 0 Å². The van der Waals surface area contributed by atoms with Crippen LogP contribution in [0.15, 0.2) is 0 Å². The van der Waals surface area contributed by atoms with Gasteiger partial charge in [0, 0.05) is 0 Å². The van der Waals surface area contributed by atoms with Crippen molar-refractivity contribution >= 4 is 0 Å². The Morgan fingerprint density at radius 3 is 0.375 bits per heavy atom. The molecule has 16 N–H and O–H groups in total. The molecule has 0 aromatic rings. The number of rotatable bonds is 0. The number of hydrogen-bond acceptors (Lipinski definition) is 2. The van der Waals surface area contributed by atoms with Crippen LogP contribution in [0, 0.1) is 0 Å². The first-order valence-corrected chi connectivity index (χ1v) is 0.333. The van der Waals surface area contributed by atoms with Gasteiger partial charge in [0.1, 0.15) is 0 Å². The zero-order valence-electron chi connectivity index (χ0n) is 4.15. The molecule has 0 saturated heterocycles. The fourth-order valence-corrected chi connectivity index (χ4v) is 0. The van der Waals surface area contributed by atoms with Crippen molar-refractivity contribution in [1.29, 1.82) is 0 Å². The molecule has 0 aliphatic carbocycles. The van der Waals surface area contributed by atoms with Crippen molar-refractivity contribution in [2.45, 2.75) is 0 Å². The molecule has 0 spiro atoms. The van der Waals surface area contributed by atoms with Gasteiger partial charge in [0.15, 0.2) is 0 Å². The van der Waals surface area contributed by atoms with Gasteiger partial charge in [0.05, 0.1) is 0 Å². The van der Waals surface area contributed by atoms with Crippen LogP contribution in [0.3, 0.4) is 0 Å². The lowest BCUT2D eigenvalue weighted by Crippen LogP contribution is -2.02. The molecule has 0 aliphatic heterocycles. The molecule has 0 heterocycles. The Morgan fingerprint density at radius 2 is 0.375 bits per heavy atom. The molecule has 0 fully saturated rings. The lowest BCUT2D eigenvalue weighted by molar-refractivity contribution is 0.823. The summed E-state index contributed by atoms with van der Waals surface area (Å²) >= 11 is 0. The maximum Gasteiger partial charge on any atom is -0.274 e. The molecule has 0 radical (unpaired) electrons. The maximum absolute atomic E-state index is 4.00. The third-order valence-electron chi connectivity index (χ3n) is 0. The third-order valence-corrected chi connectivity index (χ3v) is 0. The number of hydrogen-bond donors (Lipinski definition) is 2. The van der Waals surface area contributed by atoms with Gasteiger partial charge in [0.25, 0.3) is 0 Å². The van der Waals surface area contributed by atoms with E-state index in [0.717, 1.165) is 0 Å². The van der Waals surface area contributed by atoms with Gasteiger partial charge in [-0.15, -0.1) is 0 Å². The molecular weight excluding hydrogens is 124 g/mol. The highest BCUT2D eigenvalue weighted by atomic mass is 16.0. The lowest BCUT2D eigenvalue weighted by atomic mass is 13.0. The number of hydrazine groups is 1. The Labute approximate surface area is 45.9 Å². The molecule has 0 rings (SSSR count). The van der Waals surface area contributed by atoms with E-state index in [2.05, 4.69) is 11.7 Å². The van der Waals surface area contributed by atoms with Crippen molar-refractivity contribution in [2.75, 3.05) is 0 Å². The molecule has 8 nitrogen and oxygen atoms in total. The second-order valence-electron chi connectivity index (χ2n) is 0. The molecule has 0 aliphatic rings. The zero-order chi connectivity index (χ0) is 2.00. The first kappa shape index (κ1) is 741. The minimum atomic E-state index is 0. The summed E-state index contributed by atoms with van der Waals surface area (Å²) in [5, 5.41) is 0. The summed E-state index contributed by atoms with van der Waals surface area (Å²) < 4.78 is 0. The van der Waals surface area contributed by atoms with Gasteiger partial charge in [0.2, 0.25) is 0 Å². The fourth-order valence-electron chi connectivity index (χ4n) is 0. The van der Waals surface area contributed by atoms with Gasteiger partial charge >= 0.3 is 0 Å². The minimum absolute atomic E-state index is 0. The van der Waals surface area contributed by atoms with Crippen molar-refractivity contribution in [3.63, 3.8) is 0 Å². The molecule has 8 heteroatoms.